The van der Waals surface area contributed by atoms with E-state index in [2.05, 4.69) is 31.9 Å². The van der Waals surface area contributed by atoms with Gasteiger partial charge in [-0.25, -0.2) is 4.79 Å². The Morgan fingerprint density at radius 2 is 0.973 bits per heavy atom. The Balaban J connectivity index is 0.614. The summed E-state index contributed by atoms with van der Waals surface area (Å²) in [6, 6.07) is 40.6. The van der Waals surface area contributed by atoms with Crippen LogP contribution >= 0.6 is 45.1 Å². The second-order valence-corrected chi connectivity index (χ2v) is 40.2. The number of benzene rings is 6. The molecule has 806 valence electrons. The average molecular weight is 2130 g/mol. The number of fused-ring (bicyclic) bond motifs is 3. The first-order chi connectivity index (χ1) is 71.5. The molecule has 2 aliphatic heterocycles. The molecule has 2 saturated heterocycles. The van der Waals surface area contributed by atoms with Crippen molar-refractivity contribution in [3.05, 3.63) is 195 Å². The van der Waals surface area contributed by atoms with E-state index in [0.29, 0.717) is 154 Å². The van der Waals surface area contributed by atoms with Crippen LogP contribution in [0.2, 0.25) is 0 Å². The third-order valence-corrected chi connectivity index (χ3v) is 29.0. The smallest absolute Gasteiger partial charge is 0.364 e. The number of carboxylic acids is 1. The molecule has 0 aromatic heterocycles. The van der Waals surface area contributed by atoms with Crippen molar-refractivity contribution in [2.24, 2.45) is 0 Å². The van der Waals surface area contributed by atoms with Gasteiger partial charge in [0.25, 0.3) is 23.5 Å². The molecule has 1 aliphatic carbocycles. The Morgan fingerprint density at radius 3 is 1.51 bits per heavy atom. The molecule has 42 heteroatoms. The largest absolute Gasteiger partial charge is 0.493 e. The number of aldehydes is 1. The number of rotatable bonds is 67. The van der Waals surface area contributed by atoms with Gasteiger partial charge >= 0.3 is 5.97 Å². The van der Waals surface area contributed by atoms with Crippen LogP contribution in [-0.4, -0.2) is 336 Å². The highest BCUT2D eigenvalue weighted by atomic mass is 33.1. The maximum atomic E-state index is 14.0. The summed E-state index contributed by atoms with van der Waals surface area (Å²) in [5.74, 6) is -4.99. The molecule has 2 fully saturated rings. The number of aliphatic hydroxyl groups is 6. The number of amides is 6. The number of carboxylic acid groups (broad SMARTS) is 1. The van der Waals surface area contributed by atoms with Crippen molar-refractivity contribution in [1.82, 2.24) is 31.9 Å². The maximum Gasteiger partial charge on any atom is 0.364 e. The van der Waals surface area contributed by atoms with Crippen molar-refractivity contribution in [2.45, 2.75) is 169 Å². The fourth-order valence-corrected chi connectivity index (χ4v) is 20.5. The zero-order valence-corrected chi connectivity index (χ0v) is 87.1. The van der Waals surface area contributed by atoms with Crippen LogP contribution in [-0.2, 0) is 77.8 Å². The van der Waals surface area contributed by atoms with Crippen LogP contribution in [0.1, 0.15) is 143 Å². The molecule has 6 amide bonds. The zero-order valence-electron chi connectivity index (χ0n) is 83.9. The summed E-state index contributed by atoms with van der Waals surface area (Å²) in [4.78, 5) is 144. The van der Waals surface area contributed by atoms with Crippen molar-refractivity contribution in [3.8, 4) is 62.1 Å². The Hall–Kier alpha value is -10.7. The van der Waals surface area contributed by atoms with Crippen LogP contribution in [0.3, 0.4) is 0 Å². The van der Waals surface area contributed by atoms with Gasteiger partial charge < -0.3 is 134 Å². The summed E-state index contributed by atoms with van der Waals surface area (Å²) >= 11 is 2.89. The Labute approximate surface area is 876 Å². The average Bonchev–Trinajstić information content (AvgIpc) is 1.60. The number of nitrogens with one attached hydrogen (secondary N) is 6. The number of aliphatic carboxylic acids is 1. The highest BCUT2D eigenvalue weighted by Crippen LogP contribution is 2.51. The summed E-state index contributed by atoms with van der Waals surface area (Å²) in [5, 5.41) is 94.7. The quantitative estimate of drug-likeness (QED) is 0.00740. The van der Waals surface area contributed by atoms with Gasteiger partial charge in [-0.2, -0.15) is 23.5 Å². The molecular formula is C106H136N6O32S4. The van der Waals surface area contributed by atoms with E-state index in [9.17, 15) is 88.5 Å². The van der Waals surface area contributed by atoms with Crippen LogP contribution in [0.25, 0.3) is 33.4 Å². The lowest BCUT2D eigenvalue weighted by Crippen LogP contribution is -2.68. The number of hydrogen-bond acceptors (Lipinski definition) is 35. The molecule has 1 unspecified atom stereocenters. The van der Waals surface area contributed by atoms with Crippen molar-refractivity contribution >= 4 is 104 Å². The van der Waals surface area contributed by atoms with Crippen LogP contribution < -0.4 is 61.0 Å². The van der Waals surface area contributed by atoms with Gasteiger partial charge in [-0.05, 0) is 155 Å². The number of ketones is 2. The first-order valence-corrected chi connectivity index (χ1v) is 53.9. The van der Waals surface area contributed by atoms with Crippen molar-refractivity contribution in [1.29, 1.82) is 0 Å². The monoisotopic (exact) mass is 2130 g/mol. The molecule has 0 spiro atoms. The number of thioether (sulfide) groups is 2. The predicted molar refractivity (Wildman–Crippen MR) is 557 cm³/mol. The highest BCUT2D eigenvalue weighted by Gasteiger charge is 2.56. The van der Waals surface area contributed by atoms with Gasteiger partial charge in [0.15, 0.2) is 29.3 Å². The number of aryl methyl sites for hydroxylation is 1. The second kappa shape index (κ2) is 62.8. The van der Waals surface area contributed by atoms with Gasteiger partial charge in [-0.3, -0.25) is 47.9 Å². The van der Waals surface area contributed by atoms with Crippen LogP contribution in [0.15, 0.2) is 156 Å². The third-order valence-electron chi connectivity index (χ3n) is 24.4. The first-order valence-electron chi connectivity index (χ1n) is 49.1. The van der Waals surface area contributed by atoms with Gasteiger partial charge in [0.05, 0.1) is 149 Å². The number of ether oxygens (including phenoxy) is 14. The lowest BCUT2D eigenvalue weighted by Gasteiger charge is -2.46. The molecule has 7 aromatic carbocycles. The minimum atomic E-state index is -2.54. The molecule has 2 heterocycles. The number of aliphatic hydroxyl groups excluding tert-OH is 6. The van der Waals surface area contributed by atoms with Gasteiger partial charge in [-0.1, -0.05) is 113 Å². The summed E-state index contributed by atoms with van der Waals surface area (Å²) in [6.07, 6.45) is -10.9. The van der Waals surface area contributed by atoms with Gasteiger partial charge in [0, 0.05) is 118 Å². The second-order valence-electron chi connectivity index (χ2n) is 35.0. The SMILES string of the molecule is COc1cc2c(c(OC)c1OC)-c1ccc(OC)c(=O)cc1C(NC(=O)CCSSCCC(=O)CCCOCCOCCOCCOCCOCCOc1cc(C(=O)NCCSCCCO[C@]3(C=O)C[C@H](O)[C@@H](NC(C)=O)[C@H]([C@H](O)[C@H](O)CNC(=O)c4ccc(-c5ccccc5)cc4)O3)ccc1C(=O)CCCSCCCO[C@]1(C(=O)O)C[C@H](O)[C@@H](NC(C)=O)[C@H]([C@H](O)[C@H](O)CNC(=O)c3ccc(-c4ccccc4)cc3)O1)CC2. The number of hydrogen-bond donors (Lipinski definition) is 13. The Kier molecular flexibility index (Phi) is 50.6. The number of methoxy groups -OCH3 is 4. The molecule has 38 nitrogen and oxygen atoms in total. The van der Waals surface area contributed by atoms with E-state index in [1.54, 1.807) is 74.9 Å². The van der Waals surface area contributed by atoms with E-state index >= 15 is 0 Å². The van der Waals surface area contributed by atoms with E-state index in [-0.39, 0.29) is 129 Å². The minimum Gasteiger partial charge on any atom is -0.493 e. The number of carbonyl (C=O) groups excluding carboxylic acids is 9. The Bertz CT molecular complexity index is 5480. The summed E-state index contributed by atoms with van der Waals surface area (Å²) in [6.45, 7) is 3.97. The molecule has 0 radical (unpaired) electrons. The van der Waals surface area contributed by atoms with Crippen LogP contribution in [0.5, 0.6) is 28.7 Å². The molecular weight excluding hydrogens is 2000 g/mol. The maximum absolute atomic E-state index is 14.0. The molecule has 7 aromatic rings. The lowest BCUT2D eigenvalue weighted by molar-refractivity contribution is -0.310. The molecule has 13 atom stereocenters. The number of Topliss-reactive ketones (excluding diaryl/α,β-unsaturated/α-hetero) is 2. The number of carbonyl (C=O) groups is 10. The van der Waals surface area contributed by atoms with Gasteiger partial charge in [0.2, 0.25) is 34.7 Å². The summed E-state index contributed by atoms with van der Waals surface area (Å²) in [5.41, 5.74) is 7.18. The summed E-state index contributed by atoms with van der Waals surface area (Å²) in [7, 11) is 9.10. The normalized spacial score (nSPS) is 19.1. The standard InChI is InChI=1S/C106H136N6O32S4/c1-67(114)110-93-84(119)62-105(66-113,143-99(93)95(124)86(121)64-108-101(126)73-27-23-71(24-28-73)69-17-9-7-10-18-69)141-41-15-55-146-58-39-107-103(128)76-31-33-79(82(117)22-14-53-145-54-16-42-142-106(104(129)130)63-85(120)94(111-68(2)115)100(144-106)96(125)87(122)65-109-102(127)74-29-25-72(26-30-74)70-19-11-8-12-20-70)89(60-76)140-52-51-139-50-49-138-48-47-137-46-45-136-44-43-135-40-13-21-77(116)37-56-147-148-57-38-91(123)112-81-35-32-75-59-90(132-4)97(133-5)98(134-6)92(75)78-34-36-88(131-3)83(118)61-80(78)81/h7-12,17-20,23-31,33-34,36,59-61,66,81,84-87,93-96,99-100,119-122,124-125H,13-16,21-22,32,35,37-58,62-65H2,1-6H3,(H,107,128)(H,108,126)(H,109,127)(H,110,114)(H,111,115)(H,112,123)(H,129,130)/t81?,84-,85-,86+,87+,93+,94+,95+,96+,99+,100+,105+,106+/m0/s1. The van der Waals surface area contributed by atoms with E-state index in [4.69, 9.17) is 66.3 Å². The molecule has 0 bridgehead atoms. The van der Waals surface area contributed by atoms with Crippen molar-refractivity contribution in [3.63, 3.8) is 0 Å². The third kappa shape index (κ3) is 36.6. The lowest BCUT2D eigenvalue weighted by atomic mass is 9.88. The van der Waals surface area contributed by atoms with E-state index < -0.39 is 140 Å². The summed E-state index contributed by atoms with van der Waals surface area (Å²) < 4.78 is 81.0. The van der Waals surface area contributed by atoms with Gasteiger partial charge in [-0.15, -0.1) is 0 Å². The predicted octanol–water partition coefficient (Wildman–Crippen LogP) is 8.12. The van der Waals surface area contributed by atoms with Crippen LogP contribution in [0, 0.1) is 0 Å². The van der Waals surface area contributed by atoms with Gasteiger partial charge in [0.1, 0.15) is 42.6 Å². The first kappa shape index (κ1) is 119. The zero-order chi connectivity index (χ0) is 106. The fraction of sp³-hybridized carbons (Fsp3) is 0.500. The minimum absolute atomic E-state index is 0.0209. The highest BCUT2D eigenvalue weighted by molar-refractivity contribution is 8.76. The van der Waals surface area contributed by atoms with E-state index in [0.717, 1.165) is 40.3 Å². The molecule has 13 N–H and O–H groups in total. The fourth-order valence-electron chi connectivity index (χ4n) is 16.8. The Morgan fingerprint density at radius 1 is 0.473 bits per heavy atom. The molecule has 0 saturated carbocycles. The molecule has 10 rings (SSSR count). The molecule has 148 heavy (non-hydrogen) atoms. The van der Waals surface area contributed by atoms with E-state index in [1.807, 2.05) is 66.7 Å². The van der Waals surface area contributed by atoms with E-state index in [1.165, 1.54) is 90.5 Å². The van der Waals surface area contributed by atoms with Crippen molar-refractivity contribution in [2.75, 3.05) is 168 Å². The van der Waals surface area contributed by atoms with Crippen molar-refractivity contribution < 1.29 is 150 Å². The van der Waals surface area contributed by atoms with Crippen LogP contribution in [0.4, 0.5) is 0 Å². The molecule has 3 aliphatic rings. The topological polar surface area (TPSA) is 531 Å².